The van der Waals surface area contributed by atoms with Crippen LogP contribution in [-0.2, 0) is 50.1 Å². The number of piperidine rings is 4. The van der Waals surface area contributed by atoms with Gasteiger partial charge in [-0.05, 0) is 250 Å². The van der Waals surface area contributed by atoms with E-state index in [-0.39, 0.29) is 54.8 Å². The number of nitrogens with one attached hydrogen (secondary N) is 6. The number of aromatic nitrogens is 6. The molecule has 6 saturated heterocycles. The van der Waals surface area contributed by atoms with Crippen molar-refractivity contribution in [3.05, 3.63) is 276 Å². The quantitative estimate of drug-likeness (QED) is 0.0307. The molecule has 140 heavy (non-hydrogen) atoms. The van der Waals surface area contributed by atoms with Crippen molar-refractivity contribution in [1.29, 1.82) is 0 Å². The SMILES string of the molecule is Cc1ccc(C#Cc2ccc(-c3c(CNS(=O)(=O)C4CC4)c(C(=O)NN4CCCCC4)nn3-c3ccc(Cl)cc3Cl)s2)cc1.Cc1ccc(C#Cc2ccc(-c3c(CNS(=O)(=O)N4C5CCC4CC5)c(C(=O)NN4CCCCC4)nn3-c3ccc(Cl)cc3Cl)s2)cc1.Cc1ccc(C#Cc2ccc(-c3c(CNS(=O)(=O)N4CC5CCC4C5)c(C(=O)NN4CCCCC4)nn3-c3ccc(Cl)cc3Cl)s2)cc1. The van der Waals surface area contributed by atoms with Gasteiger partial charge in [0.25, 0.3) is 38.1 Å². The van der Waals surface area contributed by atoms with Gasteiger partial charge in [-0.25, -0.2) is 42.2 Å². The normalized spacial score (nSPS) is 18.4. The van der Waals surface area contributed by atoms with Crippen LogP contribution in [0.2, 0.25) is 30.1 Å². The van der Waals surface area contributed by atoms with Crippen LogP contribution in [0.25, 0.3) is 48.8 Å². The van der Waals surface area contributed by atoms with Crippen LogP contribution in [0.5, 0.6) is 0 Å². The Morgan fingerprint density at radius 2 is 0.693 bits per heavy atom. The number of sulfonamides is 1. The first-order valence-corrected chi connectivity index (χ1v) is 56.1. The van der Waals surface area contributed by atoms with Crippen LogP contribution >= 0.6 is 104 Å². The number of halogens is 6. The van der Waals surface area contributed by atoms with Crippen molar-refractivity contribution >= 4 is 152 Å². The predicted molar refractivity (Wildman–Crippen MR) is 557 cm³/mol. The number of thiophene rings is 3. The van der Waals surface area contributed by atoms with E-state index in [4.69, 9.17) is 84.9 Å². The van der Waals surface area contributed by atoms with Crippen LogP contribution in [0.1, 0.15) is 212 Å². The Balaban J connectivity index is 0.000000139. The van der Waals surface area contributed by atoms with Crippen LogP contribution in [0.4, 0.5) is 0 Å². The van der Waals surface area contributed by atoms with Gasteiger partial charge in [0.1, 0.15) is 0 Å². The van der Waals surface area contributed by atoms with Crippen LogP contribution in [0.15, 0.2) is 164 Å². The molecule has 12 aromatic rings. The first-order valence-electron chi connectivity index (χ1n) is 47.0. The minimum absolute atomic E-state index is 0.0106. The van der Waals surface area contributed by atoms with Gasteiger partial charge in [-0.1, -0.05) is 177 Å². The lowest BCUT2D eigenvalue weighted by Crippen LogP contribution is -2.46. The fourth-order valence-corrected chi connectivity index (χ4v) is 27.5. The van der Waals surface area contributed by atoms with E-state index >= 15 is 0 Å². The number of carbonyl (C=O) groups is 3. The third-order valence-electron chi connectivity index (χ3n) is 26.1. The van der Waals surface area contributed by atoms with Crippen LogP contribution in [0, 0.1) is 62.2 Å². The molecule has 4 bridgehead atoms. The second-order valence-electron chi connectivity index (χ2n) is 36.3. The molecule has 6 aromatic heterocycles. The molecule has 2 atom stereocenters. The maximum absolute atomic E-state index is 14.0. The van der Waals surface area contributed by atoms with E-state index in [1.165, 1.54) is 34.0 Å². The van der Waals surface area contributed by atoms with E-state index in [1.54, 1.807) is 77.3 Å². The van der Waals surface area contributed by atoms with E-state index in [0.717, 1.165) is 205 Å². The fourth-order valence-electron chi connectivity index (χ4n) is 18.7. The summed E-state index contributed by atoms with van der Waals surface area (Å²) in [5.74, 6) is 18.6. The molecule has 12 heterocycles. The Hall–Kier alpha value is -9.59. The van der Waals surface area contributed by atoms with Crippen molar-refractivity contribution in [2.75, 3.05) is 45.8 Å². The number of aryl methyl sites for hydroxylation is 3. The second-order valence-corrected chi connectivity index (χ2v) is 47.5. The van der Waals surface area contributed by atoms with Crippen molar-refractivity contribution in [3.8, 4) is 84.3 Å². The summed E-state index contributed by atoms with van der Waals surface area (Å²) in [4.78, 5) is 46.5. The van der Waals surface area contributed by atoms with Crippen LogP contribution in [-0.4, -0.2) is 165 Å². The molecule has 20 rings (SSSR count). The molecule has 38 heteroatoms. The van der Waals surface area contributed by atoms with Crippen LogP contribution < -0.4 is 30.4 Å². The number of carbonyl (C=O) groups excluding carboxylic acids is 3. The largest absolute Gasteiger partial charge is 0.286 e. The van der Waals surface area contributed by atoms with E-state index in [2.05, 4.69) is 66.0 Å². The number of amides is 3. The molecule has 6 aromatic carbocycles. The van der Waals surface area contributed by atoms with Gasteiger partial charge in [0, 0.05) is 132 Å². The summed E-state index contributed by atoms with van der Waals surface area (Å²) in [5, 5.41) is 22.1. The van der Waals surface area contributed by atoms with Crippen LogP contribution in [0.3, 0.4) is 0 Å². The molecule has 8 fully saturated rings. The number of fused-ring (bicyclic) bond motifs is 4. The van der Waals surface area contributed by atoms with Crippen molar-refractivity contribution in [2.24, 2.45) is 5.92 Å². The molecule has 6 N–H and O–H groups in total. The molecule has 3 amide bonds. The minimum Gasteiger partial charge on any atom is -0.283 e. The maximum atomic E-state index is 14.0. The average Bonchev–Trinajstić information content (AvgIpc) is 1.61. The Kier molecular flexibility index (Phi) is 31.8. The zero-order chi connectivity index (χ0) is 97.7. The molecular formula is C102H103Cl6N17O9S6. The average molecular weight is 2120 g/mol. The summed E-state index contributed by atoms with van der Waals surface area (Å²) < 4.78 is 97.2. The van der Waals surface area contributed by atoms with Gasteiger partial charge in [-0.15, -0.1) is 34.0 Å². The molecule has 0 spiro atoms. The highest BCUT2D eigenvalue weighted by molar-refractivity contribution is 7.90. The van der Waals surface area contributed by atoms with Gasteiger partial charge >= 0.3 is 0 Å². The summed E-state index contributed by atoms with van der Waals surface area (Å²) >= 11 is 43.2. The molecule has 2 aliphatic carbocycles. The van der Waals surface area contributed by atoms with Gasteiger partial charge in [-0.3, -0.25) is 30.7 Å². The molecule has 2 unspecified atom stereocenters. The lowest BCUT2D eigenvalue weighted by atomic mass is 10.0. The zero-order valence-electron chi connectivity index (χ0n) is 77.1. The monoisotopic (exact) mass is 2110 g/mol. The summed E-state index contributed by atoms with van der Waals surface area (Å²) in [6.07, 6.45) is 16.8. The molecule has 8 aliphatic rings. The lowest BCUT2D eigenvalue weighted by molar-refractivity contribution is 0.0736. The second kappa shape index (κ2) is 44.3. The molecule has 26 nitrogen and oxygen atoms in total. The van der Waals surface area contributed by atoms with Crippen molar-refractivity contribution in [3.63, 3.8) is 0 Å². The number of rotatable bonds is 24. The standard InChI is InChI=1S/2C35H36Cl2N6O3S2.C32H31Cl2N5O3S2/c1-23-5-7-24(8-6-23)9-15-28-16-18-32(47-28)34-29(22-38-48(45,46)43-26-11-12-27(43)14-13-26)33(35(44)40-41-19-3-2-4-20-41)39-42(34)31-17-10-25(36)21-30(31)37;1-23-5-7-24(8-6-23)10-13-28-14-16-32(47-28)34-29(21-38-48(45,46)42-22-25-9-12-27(42)19-25)33(35(44)40-41-17-3-2-4-18-41)39-43(34)31-15-11-26(36)20-30(31)37;1-21-5-7-22(8-6-21)9-11-24-12-16-29(43-24)31-26(20-35-44(41,42)25-13-14-25)30(32(40)37-38-17-3-2-4-18-38)36-39(31)28-15-10-23(33)19-27(28)34/h5-8,10,16-18,21,26-27,38H,2-4,11-14,19-20,22H2,1H3,(H,40,44);5-8,11,14-16,20,25,27,38H,2-4,9,12,17-19,21-22H2,1H3,(H,40,44);5-8,10,12,15-16,19,25,35H,2-4,13-14,17-18,20H2,1H3,(H,37,40). The van der Waals surface area contributed by atoms with E-state index < -0.39 is 53.4 Å². The molecular weight excluding hydrogens is 2010 g/mol. The number of hydrazine groups is 3. The summed E-state index contributed by atoms with van der Waals surface area (Å²) in [6.45, 7) is 10.6. The van der Waals surface area contributed by atoms with E-state index in [9.17, 15) is 39.6 Å². The third-order valence-corrected chi connectivity index (χ3v) is 35.9. The van der Waals surface area contributed by atoms with Gasteiger partial charge in [0.05, 0.1) is 83.7 Å². The van der Waals surface area contributed by atoms with E-state index in [0.29, 0.717) is 106 Å². The molecule has 6 aliphatic heterocycles. The number of hydrogen-bond acceptors (Lipinski definition) is 18. The van der Waals surface area contributed by atoms with Crippen molar-refractivity contribution in [1.82, 2.24) is 83.4 Å². The lowest BCUT2D eigenvalue weighted by Gasteiger charge is -2.27. The number of benzene rings is 6. The zero-order valence-corrected chi connectivity index (χ0v) is 86.5. The first-order chi connectivity index (χ1) is 67.5. The topological polar surface area (TPSA) is 295 Å². The fraction of sp³-hybridized carbons (Fsp3) is 0.353. The smallest absolute Gasteiger partial charge is 0.283 e. The van der Waals surface area contributed by atoms with E-state index in [1.807, 2.05) is 145 Å². The summed E-state index contributed by atoms with van der Waals surface area (Å²) in [5.41, 5.74) is 20.1. The Bertz CT molecular complexity index is 7210. The molecule has 2 saturated carbocycles. The Labute approximate surface area is 858 Å². The molecule has 728 valence electrons. The predicted octanol–water partition coefficient (Wildman–Crippen LogP) is 19.6. The minimum atomic E-state index is -3.83. The molecule has 0 radical (unpaired) electrons. The first kappa shape index (κ1) is 101. The Morgan fingerprint density at radius 3 is 1.00 bits per heavy atom. The number of nitrogens with zero attached hydrogens (tertiary/aromatic N) is 11. The third kappa shape index (κ3) is 23.9. The summed E-state index contributed by atoms with van der Waals surface area (Å²) in [6, 6.07) is 50.7. The maximum Gasteiger partial charge on any atom is 0.286 e. The van der Waals surface area contributed by atoms with Gasteiger partial charge in [0.2, 0.25) is 10.0 Å². The number of hydrogen-bond donors (Lipinski definition) is 6. The highest BCUT2D eigenvalue weighted by Gasteiger charge is 2.48. The van der Waals surface area contributed by atoms with Gasteiger partial charge in [-0.2, -0.15) is 50.2 Å². The van der Waals surface area contributed by atoms with Gasteiger partial charge < -0.3 is 0 Å². The van der Waals surface area contributed by atoms with Crippen molar-refractivity contribution in [2.45, 2.75) is 179 Å². The van der Waals surface area contributed by atoms with Gasteiger partial charge in [0.15, 0.2) is 17.1 Å². The summed E-state index contributed by atoms with van der Waals surface area (Å²) in [7, 11) is -11.2. The van der Waals surface area contributed by atoms with Crippen molar-refractivity contribution < 1.29 is 39.6 Å². The Morgan fingerprint density at radius 1 is 0.371 bits per heavy atom. The highest BCUT2D eigenvalue weighted by atomic mass is 35.5. The highest BCUT2D eigenvalue weighted by Crippen LogP contribution is 2.45.